The summed E-state index contributed by atoms with van der Waals surface area (Å²) >= 11 is 5.68. The molecule has 82 valence electrons. The first-order valence-corrected chi connectivity index (χ1v) is 5.75. The van der Waals surface area contributed by atoms with Crippen molar-refractivity contribution in [1.29, 1.82) is 0 Å². The topological polar surface area (TPSA) is 37.3 Å². The summed E-state index contributed by atoms with van der Waals surface area (Å²) < 4.78 is 0. The van der Waals surface area contributed by atoms with Crippen LogP contribution < -0.4 is 0 Å². The van der Waals surface area contributed by atoms with E-state index < -0.39 is 11.4 Å². The molecule has 1 saturated carbocycles. The fraction of sp³-hybridized carbons (Fsp3) is 0.909. The lowest BCUT2D eigenvalue weighted by molar-refractivity contribution is -0.152. The zero-order chi connectivity index (χ0) is 10.8. The van der Waals surface area contributed by atoms with E-state index >= 15 is 0 Å². The summed E-state index contributed by atoms with van der Waals surface area (Å²) in [7, 11) is 0. The Balaban J connectivity index is 2.69. The van der Waals surface area contributed by atoms with Crippen LogP contribution in [0.4, 0.5) is 0 Å². The summed E-state index contributed by atoms with van der Waals surface area (Å²) in [5, 5.41) is 9.23. The predicted molar refractivity (Wildman–Crippen MR) is 57.7 cm³/mol. The Morgan fingerprint density at radius 1 is 1.29 bits per heavy atom. The minimum absolute atomic E-state index is 0.311. The van der Waals surface area contributed by atoms with Crippen LogP contribution in [0.25, 0.3) is 0 Å². The highest BCUT2D eigenvalue weighted by molar-refractivity contribution is 6.18. The van der Waals surface area contributed by atoms with E-state index in [4.69, 9.17) is 11.6 Å². The average molecular weight is 219 g/mol. The number of aliphatic carboxylic acids is 1. The molecule has 1 rings (SSSR count). The highest BCUT2D eigenvalue weighted by Crippen LogP contribution is 2.47. The van der Waals surface area contributed by atoms with Gasteiger partial charge in [0.2, 0.25) is 0 Å². The van der Waals surface area contributed by atoms with Gasteiger partial charge in [-0.2, -0.15) is 0 Å². The molecule has 0 saturated heterocycles. The van der Waals surface area contributed by atoms with Crippen molar-refractivity contribution >= 4 is 17.6 Å². The smallest absolute Gasteiger partial charge is 0.309 e. The molecule has 1 fully saturated rings. The van der Waals surface area contributed by atoms with Gasteiger partial charge in [0, 0.05) is 5.88 Å². The number of carboxylic acid groups (broad SMARTS) is 1. The van der Waals surface area contributed by atoms with Crippen molar-refractivity contribution in [2.75, 3.05) is 5.88 Å². The third kappa shape index (κ3) is 2.41. The van der Waals surface area contributed by atoms with Crippen molar-refractivity contribution in [2.45, 2.75) is 46.0 Å². The Labute approximate surface area is 90.6 Å². The molecular weight excluding hydrogens is 200 g/mol. The number of hydrogen-bond acceptors (Lipinski definition) is 1. The maximum absolute atomic E-state index is 11.2. The second-order valence-corrected chi connectivity index (χ2v) is 5.57. The van der Waals surface area contributed by atoms with Crippen molar-refractivity contribution in [3.8, 4) is 0 Å². The number of alkyl halides is 1. The lowest BCUT2D eigenvalue weighted by atomic mass is 9.64. The van der Waals surface area contributed by atoms with Gasteiger partial charge in [-0.3, -0.25) is 4.79 Å². The molecule has 14 heavy (non-hydrogen) atoms. The monoisotopic (exact) mass is 218 g/mol. The summed E-state index contributed by atoms with van der Waals surface area (Å²) in [4.78, 5) is 11.2. The first kappa shape index (κ1) is 11.8. The maximum atomic E-state index is 11.2. The molecule has 0 atom stereocenters. The molecule has 3 heteroatoms. The highest BCUT2D eigenvalue weighted by atomic mass is 35.5. The second-order valence-electron chi connectivity index (χ2n) is 5.19. The van der Waals surface area contributed by atoms with Crippen LogP contribution in [0.3, 0.4) is 0 Å². The SMILES string of the molecule is CC1(C)CCC(CCCl)(C(=O)O)CC1. The highest BCUT2D eigenvalue weighted by Gasteiger charge is 2.43. The minimum Gasteiger partial charge on any atom is -0.481 e. The molecule has 0 amide bonds. The molecule has 0 bridgehead atoms. The second kappa shape index (κ2) is 4.09. The largest absolute Gasteiger partial charge is 0.481 e. The fourth-order valence-corrected chi connectivity index (χ4v) is 2.52. The van der Waals surface area contributed by atoms with Crippen molar-refractivity contribution < 1.29 is 9.90 Å². The van der Waals surface area contributed by atoms with E-state index in [2.05, 4.69) is 13.8 Å². The van der Waals surface area contributed by atoms with E-state index in [1.54, 1.807) is 0 Å². The van der Waals surface area contributed by atoms with Gasteiger partial charge in [0.1, 0.15) is 0 Å². The summed E-state index contributed by atoms with van der Waals surface area (Å²) in [6.45, 7) is 4.42. The van der Waals surface area contributed by atoms with Gasteiger partial charge in [0.05, 0.1) is 5.41 Å². The van der Waals surface area contributed by atoms with Crippen LogP contribution in [-0.2, 0) is 4.79 Å². The van der Waals surface area contributed by atoms with E-state index in [9.17, 15) is 9.90 Å². The van der Waals surface area contributed by atoms with Gasteiger partial charge in [-0.25, -0.2) is 0 Å². The van der Waals surface area contributed by atoms with Crippen LogP contribution in [0, 0.1) is 10.8 Å². The van der Waals surface area contributed by atoms with Crippen LogP contribution in [-0.4, -0.2) is 17.0 Å². The normalized spacial score (nSPS) is 24.5. The lowest BCUT2D eigenvalue weighted by Crippen LogP contribution is -2.38. The van der Waals surface area contributed by atoms with E-state index in [1.165, 1.54) is 0 Å². The molecule has 2 nitrogen and oxygen atoms in total. The molecule has 0 aromatic carbocycles. The summed E-state index contributed by atoms with van der Waals surface area (Å²) in [5.74, 6) is -0.208. The maximum Gasteiger partial charge on any atom is 0.309 e. The van der Waals surface area contributed by atoms with Gasteiger partial charge in [-0.1, -0.05) is 13.8 Å². The van der Waals surface area contributed by atoms with E-state index in [1.807, 2.05) is 0 Å². The fourth-order valence-electron chi connectivity index (χ4n) is 2.16. The van der Waals surface area contributed by atoms with Crippen LogP contribution in [0.2, 0.25) is 0 Å². The molecule has 0 spiro atoms. The van der Waals surface area contributed by atoms with Crippen LogP contribution in [0.15, 0.2) is 0 Å². The number of carboxylic acids is 1. The summed E-state index contributed by atoms with van der Waals surface area (Å²) in [6, 6.07) is 0. The third-order valence-electron chi connectivity index (χ3n) is 3.59. The predicted octanol–water partition coefficient (Wildman–Crippen LogP) is 3.29. The first-order chi connectivity index (χ1) is 6.42. The molecule has 0 radical (unpaired) electrons. The Morgan fingerprint density at radius 3 is 2.14 bits per heavy atom. The molecule has 1 aliphatic carbocycles. The Morgan fingerprint density at radius 2 is 1.79 bits per heavy atom. The Bertz CT molecular complexity index is 213. The number of hydrogen-bond donors (Lipinski definition) is 1. The van der Waals surface area contributed by atoms with Gasteiger partial charge >= 0.3 is 5.97 Å². The third-order valence-corrected chi connectivity index (χ3v) is 3.78. The van der Waals surface area contributed by atoms with Gasteiger partial charge < -0.3 is 5.11 Å². The van der Waals surface area contributed by atoms with Crippen molar-refractivity contribution in [3.63, 3.8) is 0 Å². The molecule has 0 aliphatic heterocycles. The Hall–Kier alpha value is -0.240. The molecule has 1 aliphatic rings. The molecule has 0 aromatic rings. The van der Waals surface area contributed by atoms with Gasteiger partial charge in [-0.15, -0.1) is 11.6 Å². The van der Waals surface area contributed by atoms with E-state index in [-0.39, 0.29) is 0 Å². The van der Waals surface area contributed by atoms with Gasteiger partial charge in [-0.05, 0) is 37.5 Å². The number of rotatable bonds is 3. The molecule has 0 unspecified atom stereocenters. The van der Waals surface area contributed by atoms with Gasteiger partial charge in [0.15, 0.2) is 0 Å². The van der Waals surface area contributed by atoms with Gasteiger partial charge in [0.25, 0.3) is 0 Å². The number of carbonyl (C=O) groups is 1. The molecule has 1 N–H and O–H groups in total. The quantitative estimate of drug-likeness (QED) is 0.739. The van der Waals surface area contributed by atoms with Crippen LogP contribution in [0.5, 0.6) is 0 Å². The van der Waals surface area contributed by atoms with Crippen LogP contribution in [0.1, 0.15) is 46.0 Å². The zero-order valence-corrected chi connectivity index (χ0v) is 9.73. The summed E-state index contributed by atoms with van der Waals surface area (Å²) in [5.41, 5.74) is -0.220. The van der Waals surface area contributed by atoms with Crippen LogP contribution >= 0.6 is 11.6 Å². The van der Waals surface area contributed by atoms with Crippen molar-refractivity contribution in [3.05, 3.63) is 0 Å². The minimum atomic E-state index is -0.659. The average Bonchev–Trinajstić information content (AvgIpc) is 2.09. The number of halogens is 1. The zero-order valence-electron chi connectivity index (χ0n) is 8.98. The summed E-state index contributed by atoms with van der Waals surface area (Å²) in [6.07, 6.45) is 4.16. The first-order valence-electron chi connectivity index (χ1n) is 5.21. The lowest BCUT2D eigenvalue weighted by Gasteiger charge is -2.40. The Kier molecular flexibility index (Phi) is 3.46. The van der Waals surface area contributed by atoms with Crippen molar-refractivity contribution in [2.24, 2.45) is 10.8 Å². The molecular formula is C11H19ClO2. The van der Waals surface area contributed by atoms with E-state index in [0.717, 1.165) is 25.7 Å². The molecule has 0 aromatic heterocycles. The van der Waals surface area contributed by atoms with E-state index in [0.29, 0.717) is 17.7 Å². The van der Waals surface area contributed by atoms with Crippen molar-refractivity contribution in [1.82, 2.24) is 0 Å². The standard InChI is InChI=1S/C11H19ClO2/c1-10(2)3-5-11(6-4-10,7-8-12)9(13)14/h3-8H2,1-2H3,(H,13,14). The molecule has 0 heterocycles.